The molecule has 0 saturated heterocycles. The van der Waals surface area contributed by atoms with Crippen molar-refractivity contribution in [1.82, 2.24) is 0 Å². The number of hydrogen-bond acceptors (Lipinski definition) is 9. The summed E-state index contributed by atoms with van der Waals surface area (Å²) in [6.07, 6.45) is 4.65. The first-order chi connectivity index (χ1) is 12.4. The first kappa shape index (κ1) is 29.8. The third-order valence-corrected chi connectivity index (χ3v) is 3.16. The third-order valence-electron chi connectivity index (χ3n) is 2.94. The van der Waals surface area contributed by atoms with Crippen LogP contribution in [0.3, 0.4) is 0 Å². The molecule has 0 unspecified atom stereocenters. The topological polar surface area (TPSA) is 174 Å². The molecule has 0 aromatic rings. The average Bonchev–Trinajstić information content (AvgIpc) is 2.64. The highest BCUT2D eigenvalue weighted by Crippen LogP contribution is 2.00. The molecule has 26 heavy (non-hydrogen) atoms. The van der Waals surface area contributed by atoms with Crippen LogP contribution in [0.1, 0.15) is 38.5 Å². The molecule has 2 atom stereocenters. The zero-order valence-corrected chi connectivity index (χ0v) is 16.6. The van der Waals surface area contributed by atoms with Crippen LogP contribution in [0.15, 0.2) is 0 Å². The van der Waals surface area contributed by atoms with Gasteiger partial charge in [-0.3, -0.25) is 9.59 Å². The lowest BCUT2D eigenvalue weighted by Gasteiger charge is -2.08. The van der Waals surface area contributed by atoms with Crippen LogP contribution in [0.25, 0.3) is 0 Å². The van der Waals surface area contributed by atoms with Gasteiger partial charge in [0.15, 0.2) is 12.1 Å². The second-order valence-corrected chi connectivity index (χ2v) is 5.36. The maximum Gasteiger partial charge on any atom is 0.324 e. The minimum Gasteiger partial charge on any atom is -0.448 e. The number of carbonyl (C=O) groups is 3. The van der Waals surface area contributed by atoms with Crippen LogP contribution in [0.5, 0.6) is 0 Å². The molecule has 0 aliphatic carbocycles. The molecule has 0 fully saturated rings. The highest BCUT2D eigenvalue weighted by molar-refractivity contribution is 6.17. The van der Waals surface area contributed by atoms with Gasteiger partial charge in [0, 0.05) is 0 Å². The van der Waals surface area contributed by atoms with E-state index in [0.717, 1.165) is 25.7 Å². The van der Waals surface area contributed by atoms with Gasteiger partial charge in [0.05, 0.1) is 0 Å². The molecule has 0 aromatic heterocycles. The van der Waals surface area contributed by atoms with Gasteiger partial charge in [0.25, 0.3) is 0 Å². The number of alkyl halides is 2. The van der Waals surface area contributed by atoms with E-state index < -0.39 is 24.0 Å². The SMILES string of the molecule is C=O.NCCCC[C@H](N)C(=O)OCCl.NCCCC[C@H](N)C(=O)OCCl. The molecule has 0 amide bonds. The molecule has 8 N–H and O–H groups in total. The van der Waals surface area contributed by atoms with E-state index in [4.69, 9.17) is 50.9 Å². The normalized spacial score (nSPS) is 11.8. The highest BCUT2D eigenvalue weighted by atomic mass is 35.5. The number of hydrogen-bond donors (Lipinski definition) is 4. The number of halogens is 2. The first-order valence-corrected chi connectivity index (χ1v) is 9.16. The molecule has 0 radical (unpaired) electrons. The number of esters is 2. The molecule has 0 saturated carbocycles. The highest BCUT2D eigenvalue weighted by Gasteiger charge is 2.14. The van der Waals surface area contributed by atoms with Crippen molar-refractivity contribution in [1.29, 1.82) is 0 Å². The Morgan fingerprint density at radius 2 is 1.08 bits per heavy atom. The minimum absolute atomic E-state index is 0.135. The van der Waals surface area contributed by atoms with E-state index in [1.807, 2.05) is 6.79 Å². The second kappa shape index (κ2) is 24.0. The van der Waals surface area contributed by atoms with Gasteiger partial charge in [0.2, 0.25) is 0 Å². The van der Waals surface area contributed by atoms with Gasteiger partial charge in [0.1, 0.15) is 18.9 Å². The van der Waals surface area contributed by atoms with Crippen molar-refractivity contribution < 1.29 is 23.9 Å². The van der Waals surface area contributed by atoms with Gasteiger partial charge in [-0.1, -0.05) is 36.0 Å². The molecule has 11 heteroatoms. The van der Waals surface area contributed by atoms with E-state index in [-0.39, 0.29) is 12.1 Å². The number of unbranched alkanes of at least 4 members (excludes halogenated alkanes) is 2. The van der Waals surface area contributed by atoms with E-state index in [9.17, 15) is 9.59 Å². The Hall–Kier alpha value is -0.970. The molecule has 156 valence electrons. The van der Waals surface area contributed by atoms with E-state index in [0.29, 0.717) is 25.9 Å². The smallest absolute Gasteiger partial charge is 0.324 e. The Kier molecular flexibility index (Phi) is 27.5. The summed E-state index contributed by atoms with van der Waals surface area (Å²) in [6.45, 7) is 3.24. The summed E-state index contributed by atoms with van der Waals surface area (Å²) >= 11 is 10.4. The van der Waals surface area contributed by atoms with E-state index in [1.54, 1.807) is 0 Å². The van der Waals surface area contributed by atoms with Crippen molar-refractivity contribution in [2.45, 2.75) is 50.6 Å². The summed E-state index contributed by atoms with van der Waals surface area (Å²) in [5.41, 5.74) is 21.5. The molecule has 0 rings (SSSR count). The Labute approximate surface area is 165 Å². The zero-order valence-electron chi connectivity index (χ0n) is 15.0. The number of rotatable bonds is 12. The predicted molar refractivity (Wildman–Crippen MR) is 103 cm³/mol. The quantitative estimate of drug-likeness (QED) is 0.195. The standard InChI is InChI=1S/2C7H15ClN2O2.CH2O/c2*8-5-12-7(11)6(10)3-1-2-4-9;1-2/h2*6H,1-5,9-10H2;1H2/t2*6-;/m00./s1. The molecule has 0 aliphatic rings. The van der Waals surface area contributed by atoms with Gasteiger partial charge in [-0.2, -0.15) is 0 Å². The Morgan fingerprint density at radius 3 is 1.31 bits per heavy atom. The molecule has 9 nitrogen and oxygen atoms in total. The van der Waals surface area contributed by atoms with Gasteiger partial charge < -0.3 is 37.2 Å². The van der Waals surface area contributed by atoms with Gasteiger partial charge in [-0.05, 0) is 38.8 Å². The van der Waals surface area contributed by atoms with E-state index in [2.05, 4.69) is 9.47 Å². The van der Waals surface area contributed by atoms with Crippen molar-refractivity contribution >= 4 is 41.9 Å². The molecular weight excluding hydrogens is 387 g/mol. The average molecular weight is 419 g/mol. The lowest BCUT2D eigenvalue weighted by Crippen LogP contribution is -2.32. The van der Waals surface area contributed by atoms with Crippen LogP contribution in [0.4, 0.5) is 0 Å². The van der Waals surface area contributed by atoms with Crippen LogP contribution in [0.2, 0.25) is 0 Å². The fourth-order valence-electron chi connectivity index (χ4n) is 1.57. The van der Waals surface area contributed by atoms with Gasteiger partial charge in [-0.25, -0.2) is 0 Å². The summed E-state index contributed by atoms with van der Waals surface area (Å²) in [7, 11) is 0. The summed E-state index contributed by atoms with van der Waals surface area (Å²) in [5, 5.41) is 0. The predicted octanol–water partition coefficient (Wildman–Crippen LogP) is 0.180. The Balaban J connectivity index is -0.000000371. The van der Waals surface area contributed by atoms with Crippen LogP contribution < -0.4 is 22.9 Å². The van der Waals surface area contributed by atoms with Crippen LogP contribution >= 0.6 is 23.2 Å². The zero-order chi connectivity index (χ0) is 20.8. The Bertz CT molecular complexity index is 311. The van der Waals surface area contributed by atoms with Gasteiger partial charge in [-0.15, -0.1) is 0 Å². The molecule has 0 heterocycles. The first-order valence-electron chi connectivity index (χ1n) is 8.09. The number of carbonyl (C=O) groups excluding carboxylic acids is 3. The van der Waals surface area contributed by atoms with E-state index >= 15 is 0 Å². The fraction of sp³-hybridized carbons (Fsp3) is 0.800. The summed E-state index contributed by atoms with van der Waals surface area (Å²) in [5.74, 6) is -0.885. The van der Waals surface area contributed by atoms with Crippen LogP contribution in [-0.4, -0.2) is 56.0 Å². The van der Waals surface area contributed by atoms with Crippen molar-refractivity contribution in [3.8, 4) is 0 Å². The Morgan fingerprint density at radius 1 is 0.769 bits per heavy atom. The monoisotopic (exact) mass is 418 g/mol. The van der Waals surface area contributed by atoms with Crippen LogP contribution in [0, 0.1) is 0 Å². The number of nitrogens with two attached hydrogens (primary N) is 4. The van der Waals surface area contributed by atoms with Crippen molar-refractivity contribution in [3.05, 3.63) is 0 Å². The lowest BCUT2D eigenvalue weighted by molar-refractivity contribution is -0.144. The van der Waals surface area contributed by atoms with Crippen molar-refractivity contribution in [3.63, 3.8) is 0 Å². The maximum absolute atomic E-state index is 10.9. The minimum atomic E-state index is -0.560. The van der Waals surface area contributed by atoms with Crippen molar-refractivity contribution in [2.24, 2.45) is 22.9 Å². The second-order valence-electron chi connectivity index (χ2n) is 4.93. The third kappa shape index (κ3) is 21.1. The molecule has 0 bridgehead atoms. The van der Waals surface area contributed by atoms with Crippen LogP contribution in [-0.2, 0) is 23.9 Å². The molecule has 0 aliphatic heterocycles. The summed E-state index contributed by atoms with van der Waals surface area (Å²) in [6, 6.07) is -1.39. The molecule has 0 aromatic carbocycles. The molecule has 0 spiro atoms. The fourth-order valence-corrected chi connectivity index (χ4v) is 1.79. The largest absolute Gasteiger partial charge is 0.448 e. The summed E-state index contributed by atoms with van der Waals surface area (Å²) < 4.78 is 9.01. The van der Waals surface area contributed by atoms with Gasteiger partial charge >= 0.3 is 11.9 Å². The van der Waals surface area contributed by atoms with Crippen molar-refractivity contribution in [2.75, 3.05) is 25.2 Å². The van der Waals surface area contributed by atoms with E-state index in [1.165, 1.54) is 0 Å². The summed E-state index contributed by atoms with van der Waals surface area (Å²) in [4.78, 5) is 29.7. The maximum atomic E-state index is 10.9. The lowest BCUT2D eigenvalue weighted by atomic mass is 10.1. The number of ether oxygens (including phenoxy) is 2. The molecular formula is C15H32Cl2N4O5.